The van der Waals surface area contributed by atoms with Crippen LogP contribution in [0.1, 0.15) is 41.1 Å². The summed E-state index contributed by atoms with van der Waals surface area (Å²) in [6.45, 7) is 2.07. The van der Waals surface area contributed by atoms with E-state index in [1.807, 2.05) is 36.4 Å². The zero-order valence-electron chi connectivity index (χ0n) is 16.6. The van der Waals surface area contributed by atoms with Crippen molar-refractivity contribution in [3.63, 3.8) is 0 Å². The minimum atomic E-state index is 0.248. The lowest BCUT2D eigenvalue weighted by atomic mass is 9.83. The van der Waals surface area contributed by atoms with Gasteiger partial charge < -0.3 is 5.32 Å². The second kappa shape index (κ2) is 6.78. The molecule has 0 spiro atoms. The molecular formula is C23H22N6. The average molecular weight is 382 g/mol. The molecule has 0 saturated carbocycles. The van der Waals surface area contributed by atoms with Crippen LogP contribution in [0.5, 0.6) is 0 Å². The average Bonchev–Trinajstić information content (AvgIpc) is 3.34. The second-order valence-corrected chi connectivity index (χ2v) is 7.71. The number of benzene rings is 2. The predicted octanol–water partition coefficient (Wildman–Crippen LogP) is 4.43. The van der Waals surface area contributed by atoms with Crippen LogP contribution >= 0.6 is 0 Å². The van der Waals surface area contributed by atoms with Gasteiger partial charge in [-0.1, -0.05) is 6.07 Å². The van der Waals surface area contributed by atoms with Crippen molar-refractivity contribution in [3.05, 3.63) is 71.2 Å². The fourth-order valence-electron chi connectivity index (χ4n) is 4.38. The van der Waals surface area contributed by atoms with Gasteiger partial charge in [-0.25, -0.2) is 4.68 Å². The van der Waals surface area contributed by atoms with E-state index in [4.69, 9.17) is 0 Å². The molecule has 2 aromatic heterocycles. The SMILES string of the molecule is Cc1c(C#N)ccc2c1CCCC2Nc1ccc2cnn(-c3cnn(C)c3)c2c1. The van der Waals surface area contributed by atoms with Crippen LogP contribution in [0.15, 0.2) is 48.9 Å². The molecule has 144 valence electrons. The number of nitrogens with one attached hydrogen (secondary N) is 1. The maximum Gasteiger partial charge on any atom is 0.103 e. The van der Waals surface area contributed by atoms with E-state index in [2.05, 4.69) is 52.8 Å². The summed E-state index contributed by atoms with van der Waals surface area (Å²) in [5.41, 5.74) is 7.62. The first-order chi connectivity index (χ1) is 14.1. The van der Waals surface area contributed by atoms with E-state index in [1.165, 1.54) is 11.1 Å². The zero-order chi connectivity index (χ0) is 20.0. The van der Waals surface area contributed by atoms with Crippen LogP contribution in [-0.2, 0) is 13.5 Å². The van der Waals surface area contributed by atoms with Gasteiger partial charge in [0, 0.05) is 18.1 Å². The van der Waals surface area contributed by atoms with Crippen LogP contribution in [0.2, 0.25) is 0 Å². The molecule has 0 saturated heterocycles. The van der Waals surface area contributed by atoms with Crippen molar-refractivity contribution >= 4 is 16.6 Å². The van der Waals surface area contributed by atoms with Crippen LogP contribution in [-0.4, -0.2) is 19.6 Å². The van der Waals surface area contributed by atoms with Gasteiger partial charge in [0.15, 0.2) is 0 Å². The fourth-order valence-corrected chi connectivity index (χ4v) is 4.38. The molecule has 2 heterocycles. The lowest BCUT2D eigenvalue weighted by Crippen LogP contribution is -2.18. The first-order valence-corrected chi connectivity index (χ1v) is 9.90. The molecule has 0 radical (unpaired) electrons. The molecule has 1 N–H and O–H groups in total. The van der Waals surface area contributed by atoms with Gasteiger partial charge in [-0.3, -0.25) is 4.68 Å². The highest BCUT2D eigenvalue weighted by atomic mass is 15.3. The first kappa shape index (κ1) is 17.5. The topological polar surface area (TPSA) is 71.5 Å². The minimum Gasteiger partial charge on any atom is -0.378 e. The number of hydrogen-bond acceptors (Lipinski definition) is 4. The van der Waals surface area contributed by atoms with Gasteiger partial charge in [0.25, 0.3) is 0 Å². The quantitative estimate of drug-likeness (QED) is 0.569. The number of aryl methyl sites for hydroxylation is 1. The Bertz CT molecular complexity index is 1260. The lowest BCUT2D eigenvalue weighted by Gasteiger charge is -2.29. The van der Waals surface area contributed by atoms with E-state index in [9.17, 15) is 5.26 Å². The third-order valence-electron chi connectivity index (χ3n) is 5.90. The number of aromatic nitrogens is 4. The van der Waals surface area contributed by atoms with Crippen molar-refractivity contribution in [2.75, 3.05) is 5.32 Å². The highest BCUT2D eigenvalue weighted by molar-refractivity contribution is 5.83. The van der Waals surface area contributed by atoms with Crippen molar-refractivity contribution in [2.45, 2.75) is 32.2 Å². The molecule has 1 unspecified atom stereocenters. The van der Waals surface area contributed by atoms with Gasteiger partial charge >= 0.3 is 0 Å². The third kappa shape index (κ3) is 2.95. The summed E-state index contributed by atoms with van der Waals surface area (Å²) in [5, 5.41) is 23.0. The van der Waals surface area contributed by atoms with Gasteiger partial charge in [0.1, 0.15) is 5.69 Å². The molecule has 1 aliphatic rings. The third-order valence-corrected chi connectivity index (χ3v) is 5.90. The summed E-state index contributed by atoms with van der Waals surface area (Å²) in [6.07, 6.45) is 8.91. The number of anilines is 1. The Morgan fingerprint density at radius 2 is 2.07 bits per heavy atom. The van der Waals surface area contributed by atoms with Gasteiger partial charge in [-0.2, -0.15) is 15.5 Å². The van der Waals surface area contributed by atoms with Crippen LogP contribution in [0.3, 0.4) is 0 Å². The first-order valence-electron chi connectivity index (χ1n) is 9.90. The van der Waals surface area contributed by atoms with Crippen molar-refractivity contribution in [1.29, 1.82) is 5.26 Å². The second-order valence-electron chi connectivity index (χ2n) is 7.71. The number of nitriles is 1. The summed E-state index contributed by atoms with van der Waals surface area (Å²) in [5.74, 6) is 0. The molecule has 0 amide bonds. The summed E-state index contributed by atoms with van der Waals surface area (Å²) >= 11 is 0. The Hall–Kier alpha value is -3.59. The normalized spacial score (nSPS) is 15.8. The Morgan fingerprint density at radius 3 is 2.86 bits per heavy atom. The maximum atomic E-state index is 9.34. The summed E-state index contributed by atoms with van der Waals surface area (Å²) < 4.78 is 3.70. The molecule has 6 heteroatoms. The van der Waals surface area contributed by atoms with Crippen LogP contribution in [0, 0.1) is 18.3 Å². The van der Waals surface area contributed by atoms with Crippen molar-refractivity contribution < 1.29 is 0 Å². The Labute approximate surface area is 169 Å². The van der Waals surface area contributed by atoms with E-state index in [-0.39, 0.29) is 6.04 Å². The molecule has 2 aromatic carbocycles. The Morgan fingerprint density at radius 1 is 1.17 bits per heavy atom. The van der Waals surface area contributed by atoms with Crippen molar-refractivity contribution in [2.24, 2.45) is 7.05 Å². The Balaban J connectivity index is 1.51. The van der Waals surface area contributed by atoms with E-state index in [1.54, 1.807) is 4.68 Å². The smallest absolute Gasteiger partial charge is 0.103 e. The molecule has 0 aliphatic heterocycles. The summed E-state index contributed by atoms with van der Waals surface area (Å²) in [4.78, 5) is 0. The lowest BCUT2D eigenvalue weighted by molar-refractivity contribution is 0.598. The number of rotatable bonds is 3. The van der Waals surface area contributed by atoms with Crippen molar-refractivity contribution in [1.82, 2.24) is 19.6 Å². The van der Waals surface area contributed by atoms with Crippen LogP contribution in [0.4, 0.5) is 5.69 Å². The maximum absolute atomic E-state index is 9.34. The molecule has 1 aliphatic carbocycles. The molecule has 0 fully saturated rings. The molecule has 4 aromatic rings. The Kier molecular flexibility index (Phi) is 4.09. The summed E-state index contributed by atoms with van der Waals surface area (Å²) in [7, 11) is 1.91. The molecule has 0 bridgehead atoms. The monoisotopic (exact) mass is 382 g/mol. The van der Waals surface area contributed by atoms with E-state index < -0.39 is 0 Å². The molecule has 29 heavy (non-hydrogen) atoms. The van der Waals surface area contributed by atoms with E-state index >= 15 is 0 Å². The molecule has 1 atom stereocenters. The van der Waals surface area contributed by atoms with E-state index in [0.717, 1.165) is 52.7 Å². The number of nitrogens with zero attached hydrogens (tertiary/aromatic N) is 5. The molecular weight excluding hydrogens is 360 g/mol. The van der Waals surface area contributed by atoms with Crippen LogP contribution in [0.25, 0.3) is 16.6 Å². The van der Waals surface area contributed by atoms with Gasteiger partial charge in [-0.15, -0.1) is 0 Å². The van der Waals surface area contributed by atoms with Gasteiger partial charge in [-0.05, 0) is 67.1 Å². The predicted molar refractivity (Wildman–Crippen MR) is 113 cm³/mol. The van der Waals surface area contributed by atoms with Gasteiger partial charge in [0.05, 0.1) is 41.8 Å². The zero-order valence-corrected chi connectivity index (χ0v) is 16.6. The number of hydrogen-bond donors (Lipinski definition) is 1. The van der Waals surface area contributed by atoms with Crippen LogP contribution < -0.4 is 5.32 Å². The van der Waals surface area contributed by atoms with Gasteiger partial charge in [0.2, 0.25) is 0 Å². The number of fused-ring (bicyclic) bond motifs is 2. The molecule has 5 rings (SSSR count). The highest BCUT2D eigenvalue weighted by Gasteiger charge is 2.23. The summed E-state index contributed by atoms with van der Waals surface area (Å²) in [6, 6.07) is 13.0. The van der Waals surface area contributed by atoms with Crippen molar-refractivity contribution in [3.8, 4) is 11.8 Å². The minimum absolute atomic E-state index is 0.248. The molecule has 6 nitrogen and oxygen atoms in total. The fraction of sp³-hybridized carbons (Fsp3) is 0.261. The highest BCUT2D eigenvalue weighted by Crippen LogP contribution is 2.35. The van der Waals surface area contributed by atoms with E-state index in [0.29, 0.717) is 0 Å². The largest absolute Gasteiger partial charge is 0.378 e. The standard InChI is InChI=1S/C23H22N6/c1-15-16(11-24)7-9-21-20(15)4-3-5-22(21)27-18-8-6-17-12-26-29(23(17)10-18)19-13-25-28(2)14-19/h6-10,12-14,22,27H,3-5H2,1-2H3.